The van der Waals surface area contributed by atoms with Gasteiger partial charge in [0.05, 0.1) is 11.4 Å². The van der Waals surface area contributed by atoms with Crippen LogP contribution in [0.15, 0.2) is 53.3 Å². The summed E-state index contributed by atoms with van der Waals surface area (Å²) in [6.45, 7) is 3.98. The number of carbonyl (C=O) groups is 2. The van der Waals surface area contributed by atoms with E-state index in [9.17, 15) is 14.0 Å². The van der Waals surface area contributed by atoms with E-state index < -0.39 is 5.82 Å². The molecule has 0 fully saturated rings. The summed E-state index contributed by atoms with van der Waals surface area (Å²) in [6, 6.07) is 8.35. The van der Waals surface area contributed by atoms with Crippen molar-refractivity contribution in [3.63, 3.8) is 0 Å². The number of allylic oxidation sites excluding steroid dienone is 1. The molecule has 3 rings (SSSR count). The average molecular weight is 394 g/mol. The third-order valence-corrected chi connectivity index (χ3v) is 4.85. The van der Waals surface area contributed by atoms with Gasteiger partial charge in [-0.25, -0.2) is 9.38 Å². The van der Waals surface area contributed by atoms with Gasteiger partial charge >= 0.3 is 0 Å². The Morgan fingerprint density at radius 1 is 1.28 bits per heavy atom. The molecule has 150 valence electrons. The molecule has 2 heterocycles. The summed E-state index contributed by atoms with van der Waals surface area (Å²) in [7, 11) is 1.55. The molecule has 0 saturated carbocycles. The summed E-state index contributed by atoms with van der Waals surface area (Å²) in [5, 5.41) is 2.84. The molecule has 7 heteroatoms. The van der Waals surface area contributed by atoms with Crippen LogP contribution < -0.4 is 10.2 Å². The van der Waals surface area contributed by atoms with Crippen molar-refractivity contribution >= 4 is 23.2 Å². The van der Waals surface area contributed by atoms with Crippen LogP contribution in [0.5, 0.6) is 0 Å². The van der Waals surface area contributed by atoms with Crippen molar-refractivity contribution in [3.8, 4) is 0 Å². The highest BCUT2D eigenvalue weighted by molar-refractivity contribution is 6.08. The Hall–Kier alpha value is -3.35. The first-order chi connectivity index (χ1) is 13.9. The molecule has 1 aromatic heterocycles. The lowest BCUT2D eigenvalue weighted by Gasteiger charge is -2.17. The lowest BCUT2D eigenvalue weighted by Crippen LogP contribution is -2.26. The van der Waals surface area contributed by atoms with E-state index in [1.807, 2.05) is 19.1 Å². The molecule has 1 aliphatic rings. The fraction of sp³-hybridized carbons (Fsp3) is 0.273. The second-order valence-electron chi connectivity index (χ2n) is 6.76. The maximum Gasteiger partial charge on any atom is 0.269 e. The molecule has 6 nitrogen and oxygen atoms in total. The molecule has 1 aliphatic heterocycles. The van der Waals surface area contributed by atoms with Gasteiger partial charge in [-0.15, -0.1) is 0 Å². The van der Waals surface area contributed by atoms with Gasteiger partial charge in [0.1, 0.15) is 11.5 Å². The van der Waals surface area contributed by atoms with E-state index in [-0.39, 0.29) is 17.5 Å². The Kier molecular flexibility index (Phi) is 6.16. The molecule has 29 heavy (non-hydrogen) atoms. The van der Waals surface area contributed by atoms with Crippen molar-refractivity contribution in [2.75, 3.05) is 11.9 Å². The lowest BCUT2D eigenvalue weighted by atomic mass is 10.1. The largest absolute Gasteiger partial charge is 0.347 e. The first-order valence-electron chi connectivity index (χ1n) is 9.43. The summed E-state index contributed by atoms with van der Waals surface area (Å²) in [5.74, 6) is -0.951. The second-order valence-corrected chi connectivity index (χ2v) is 6.76. The maximum absolute atomic E-state index is 14.5. The highest BCUT2D eigenvalue weighted by Crippen LogP contribution is 2.23. The summed E-state index contributed by atoms with van der Waals surface area (Å²) >= 11 is 0. The van der Waals surface area contributed by atoms with Crippen LogP contribution in [0, 0.1) is 12.7 Å². The number of nitrogens with zero attached hydrogens (tertiary/aromatic N) is 3. The topological polar surface area (TPSA) is 74.7 Å². The molecule has 0 radical (unpaired) electrons. The van der Waals surface area contributed by atoms with E-state index in [4.69, 9.17) is 0 Å². The molecule has 0 aliphatic carbocycles. The van der Waals surface area contributed by atoms with Crippen LogP contribution in [0.4, 0.5) is 10.1 Å². The second kappa shape index (κ2) is 8.77. The van der Waals surface area contributed by atoms with Gasteiger partial charge < -0.3 is 10.2 Å². The lowest BCUT2D eigenvalue weighted by molar-refractivity contribution is -0.118. The maximum atomic E-state index is 14.5. The van der Waals surface area contributed by atoms with Gasteiger partial charge in [-0.3, -0.25) is 14.6 Å². The zero-order chi connectivity index (χ0) is 21.0. The van der Waals surface area contributed by atoms with Crippen molar-refractivity contribution in [3.05, 3.63) is 70.9 Å². The van der Waals surface area contributed by atoms with Crippen molar-refractivity contribution in [1.29, 1.82) is 0 Å². The Balaban J connectivity index is 1.68. The van der Waals surface area contributed by atoms with E-state index >= 15 is 0 Å². The molecule has 2 aromatic rings. The number of hydrogen-bond donors (Lipinski definition) is 1. The Morgan fingerprint density at radius 3 is 2.76 bits per heavy atom. The number of nitrogens with one attached hydrogen (secondary N) is 1. The zero-order valence-electron chi connectivity index (χ0n) is 16.7. The normalized spacial score (nSPS) is 13.0. The molecular weight excluding hydrogens is 371 g/mol. The highest BCUT2D eigenvalue weighted by atomic mass is 19.1. The third-order valence-electron chi connectivity index (χ3n) is 4.85. The minimum absolute atomic E-state index is 0.167. The Bertz CT molecular complexity index is 1010. The van der Waals surface area contributed by atoms with Gasteiger partial charge in [0, 0.05) is 38.3 Å². The molecule has 0 atom stereocenters. The van der Waals surface area contributed by atoms with Gasteiger partial charge in [-0.05, 0) is 42.3 Å². The molecule has 1 N–H and O–H groups in total. The number of anilines is 1. The van der Waals surface area contributed by atoms with Crippen molar-refractivity contribution < 1.29 is 14.0 Å². The molecule has 0 spiro atoms. The molecule has 0 bridgehead atoms. The number of halogens is 1. The average Bonchev–Trinajstić information content (AvgIpc) is 3.22. The van der Waals surface area contributed by atoms with Gasteiger partial charge in [-0.1, -0.05) is 19.1 Å². The number of amides is 2. The zero-order valence-corrected chi connectivity index (χ0v) is 16.7. The third kappa shape index (κ3) is 4.56. The molecule has 2 amide bonds. The fourth-order valence-electron chi connectivity index (χ4n) is 3.06. The Morgan fingerprint density at radius 2 is 2.07 bits per heavy atom. The van der Waals surface area contributed by atoms with E-state index in [2.05, 4.69) is 15.3 Å². The monoisotopic (exact) mass is 394 g/mol. The van der Waals surface area contributed by atoms with Crippen LogP contribution in [0.1, 0.15) is 36.6 Å². The number of pyridine rings is 1. The van der Waals surface area contributed by atoms with E-state index in [0.717, 1.165) is 11.3 Å². The van der Waals surface area contributed by atoms with Crippen LogP contribution in [-0.2, 0) is 16.1 Å². The number of carbonyl (C=O) groups excluding carboxylic acids is 2. The number of aromatic nitrogens is 1. The first-order valence-corrected chi connectivity index (χ1v) is 9.43. The van der Waals surface area contributed by atoms with Crippen LogP contribution in [-0.4, -0.2) is 29.6 Å². The first kappa shape index (κ1) is 20.4. The van der Waals surface area contributed by atoms with E-state index in [1.165, 1.54) is 11.0 Å². The molecule has 1 aromatic carbocycles. The molecule has 0 unspecified atom stereocenters. The number of benzene rings is 1. The minimum Gasteiger partial charge on any atom is -0.347 e. The van der Waals surface area contributed by atoms with E-state index in [1.54, 1.807) is 38.4 Å². The van der Waals surface area contributed by atoms with E-state index in [0.29, 0.717) is 36.4 Å². The van der Waals surface area contributed by atoms with Gasteiger partial charge in [0.25, 0.3) is 5.91 Å². The Labute approximate surface area is 169 Å². The highest BCUT2D eigenvalue weighted by Gasteiger charge is 2.19. The van der Waals surface area contributed by atoms with Crippen LogP contribution >= 0.6 is 0 Å². The van der Waals surface area contributed by atoms with Crippen LogP contribution in [0.3, 0.4) is 0 Å². The van der Waals surface area contributed by atoms with Crippen LogP contribution in [0.2, 0.25) is 0 Å². The predicted octanol–water partition coefficient (Wildman–Crippen LogP) is 3.30. The van der Waals surface area contributed by atoms with Crippen molar-refractivity contribution in [1.82, 2.24) is 10.3 Å². The number of hydrogen-bond acceptors (Lipinski definition) is 4. The fourth-order valence-corrected chi connectivity index (χ4v) is 3.06. The molecule has 0 saturated heterocycles. The summed E-state index contributed by atoms with van der Waals surface area (Å²) in [4.78, 5) is 34.0. The SMILES string of the molecule is CCC(=O)N(C)c1ccc(C2=NC(C(=O)NCc3cccnc3C)=CC2)cc1F. The standard InChI is InChI=1S/C22H23FN4O2/c1-4-21(28)27(3)20-10-7-15(12-17(20)23)18-8-9-19(26-18)22(29)25-13-16-6-5-11-24-14(16)2/h5-7,9-12H,4,8,13H2,1-3H3,(H,25,29). The van der Waals surface area contributed by atoms with Crippen LogP contribution in [0.25, 0.3) is 0 Å². The van der Waals surface area contributed by atoms with Gasteiger partial charge in [0.15, 0.2) is 0 Å². The summed E-state index contributed by atoms with van der Waals surface area (Å²) < 4.78 is 14.5. The quantitative estimate of drug-likeness (QED) is 0.817. The number of rotatable bonds is 6. The summed E-state index contributed by atoms with van der Waals surface area (Å²) in [5.41, 5.74) is 3.53. The minimum atomic E-state index is -0.501. The predicted molar refractivity (Wildman–Crippen MR) is 110 cm³/mol. The van der Waals surface area contributed by atoms with Crippen molar-refractivity contribution in [2.24, 2.45) is 4.99 Å². The number of aliphatic imine (C=N–C) groups is 1. The number of aryl methyl sites for hydroxylation is 1. The van der Waals surface area contributed by atoms with Gasteiger partial charge in [-0.2, -0.15) is 0 Å². The van der Waals surface area contributed by atoms with Crippen molar-refractivity contribution in [2.45, 2.75) is 33.2 Å². The molecular formula is C22H23FN4O2. The summed E-state index contributed by atoms with van der Waals surface area (Å²) in [6.07, 6.45) is 4.17. The smallest absolute Gasteiger partial charge is 0.269 e. The van der Waals surface area contributed by atoms with Gasteiger partial charge in [0.2, 0.25) is 5.91 Å².